The zero-order chi connectivity index (χ0) is 28.1. The van der Waals surface area contributed by atoms with Crippen molar-refractivity contribution in [3.63, 3.8) is 0 Å². The van der Waals surface area contributed by atoms with Crippen LogP contribution in [0.5, 0.6) is 0 Å². The molecule has 0 unspecified atom stereocenters. The highest BCUT2D eigenvalue weighted by Gasteiger charge is 2.81. The third kappa shape index (κ3) is 6.07. The molecule has 1 heterocycles. The van der Waals surface area contributed by atoms with Gasteiger partial charge >= 0.3 is 28.1 Å². The van der Waals surface area contributed by atoms with Crippen molar-refractivity contribution >= 4 is 30.1 Å². The highest BCUT2D eigenvalue weighted by molar-refractivity contribution is 8.13. The van der Waals surface area contributed by atoms with Gasteiger partial charge in [0.15, 0.2) is 20.0 Å². The molecule has 0 aliphatic carbocycles. The molecule has 9 nitrogen and oxygen atoms in total. The normalized spacial score (nSPS) is 19.2. The van der Waals surface area contributed by atoms with E-state index in [-0.39, 0.29) is 0 Å². The lowest BCUT2D eigenvalue weighted by Gasteiger charge is -2.39. The van der Waals surface area contributed by atoms with Crippen LogP contribution in [-0.2, 0) is 30.1 Å². The molecule has 0 bridgehead atoms. The largest absolute Gasteiger partial charge is 0.480 e. The summed E-state index contributed by atoms with van der Waals surface area (Å²) in [6, 6.07) is 0. The summed E-state index contributed by atoms with van der Waals surface area (Å²) in [5.74, 6) is -7.59. The van der Waals surface area contributed by atoms with E-state index < -0.39 is 102 Å². The highest BCUT2D eigenvalue weighted by Crippen LogP contribution is 2.53. The van der Waals surface area contributed by atoms with E-state index >= 15 is 0 Å². The first-order chi connectivity index (χ1) is 15.1. The second kappa shape index (κ2) is 9.33. The fraction of sp³-hybridized carbons (Fsp3) is 1.00. The Kier molecular flexibility index (Phi) is 8.50. The molecule has 24 heteroatoms. The first kappa shape index (κ1) is 31.9. The predicted molar refractivity (Wildman–Crippen MR) is 89.7 cm³/mol. The van der Waals surface area contributed by atoms with Gasteiger partial charge in [-0.3, -0.25) is 0 Å². The lowest BCUT2D eigenvalue weighted by atomic mass is 10.3. The summed E-state index contributed by atoms with van der Waals surface area (Å²) in [6.45, 7) is -4.86. The number of piperazine rings is 1. The minimum Gasteiger partial charge on any atom is -0.423 e. The maximum Gasteiger partial charge on any atom is 0.480 e. The van der Waals surface area contributed by atoms with Crippen molar-refractivity contribution in [1.29, 1.82) is 0 Å². The Labute approximate surface area is 189 Å². The topological polar surface area (TPSA) is 123 Å². The van der Waals surface area contributed by atoms with Crippen LogP contribution in [0.15, 0.2) is 0 Å². The molecule has 1 fully saturated rings. The molecule has 0 saturated carbocycles. The van der Waals surface area contributed by atoms with E-state index in [4.69, 9.17) is 0 Å². The third-order valence-electron chi connectivity index (χ3n) is 4.25. The van der Waals surface area contributed by atoms with Crippen LogP contribution in [0.4, 0.5) is 52.7 Å². The molecule has 35 heavy (non-hydrogen) atoms. The van der Waals surface area contributed by atoms with Crippen LogP contribution in [0.3, 0.4) is 0 Å². The molecular formula is C11H12F12N3O6S3-. The van der Waals surface area contributed by atoms with Crippen molar-refractivity contribution in [3.05, 3.63) is 4.13 Å². The molecule has 0 spiro atoms. The van der Waals surface area contributed by atoms with Crippen LogP contribution in [0, 0.1) is 0 Å². The van der Waals surface area contributed by atoms with Gasteiger partial charge in [-0.05, 0) is 0 Å². The van der Waals surface area contributed by atoms with E-state index in [2.05, 4.69) is 0 Å². The minimum atomic E-state index is -8.01. The zero-order valence-corrected chi connectivity index (χ0v) is 18.7. The lowest BCUT2D eigenvalue weighted by molar-refractivity contribution is -0.244. The van der Waals surface area contributed by atoms with E-state index in [9.17, 15) is 77.9 Å². The van der Waals surface area contributed by atoms with Crippen LogP contribution in [-0.4, -0.2) is 95.3 Å². The standard InChI is InChI=1S/C11H12F12N3O6S3/c12-7(13,14)1-2-25-3-5-26(6-4-25)35(31,32)10(19,20)8(15,16)9(17,18)33(27,28)24-34(29,30)11(21,22)23/h1-6H2/q-1. The van der Waals surface area contributed by atoms with E-state index in [1.165, 1.54) is 0 Å². The fourth-order valence-electron chi connectivity index (χ4n) is 2.35. The summed E-state index contributed by atoms with van der Waals surface area (Å²) in [6.07, 6.45) is -6.12. The molecular weight excluding hydrogens is 594 g/mol. The van der Waals surface area contributed by atoms with Crippen molar-refractivity contribution in [2.45, 2.75) is 34.5 Å². The van der Waals surface area contributed by atoms with Crippen molar-refractivity contribution < 1.29 is 77.9 Å². The number of alkyl halides is 12. The molecule has 0 radical (unpaired) electrons. The molecule has 0 amide bonds. The van der Waals surface area contributed by atoms with E-state index in [0.29, 0.717) is 4.13 Å². The van der Waals surface area contributed by atoms with Crippen LogP contribution in [0.2, 0.25) is 0 Å². The van der Waals surface area contributed by atoms with E-state index in [1.807, 2.05) is 0 Å². The fourth-order valence-corrected chi connectivity index (χ4v) is 6.04. The van der Waals surface area contributed by atoms with Gasteiger partial charge in [0.25, 0.3) is 10.0 Å². The van der Waals surface area contributed by atoms with Crippen molar-refractivity contribution in [1.82, 2.24) is 9.21 Å². The van der Waals surface area contributed by atoms with Gasteiger partial charge in [-0.1, -0.05) is 0 Å². The quantitative estimate of drug-likeness (QED) is 0.369. The summed E-state index contributed by atoms with van der Waals surface area (Å²) in [4.78, 5) is 0.843. The summed E-state index contributed by atoms with van der Waals surface area (Å²) in [5.41, 5.74) is -6.74. The minimum absolute atomic E-state index is 0.557. The summed E-state index contributed by atoms with van der Waals surface area (Å²) in [7, 11) is -22.5. The molecule has 0 aromatic heterocycles. The average Bonchev–Trinajstić information content (AvgIpc) is 2.63. The Morgan fingerprint density at radius 2 is 1.06 bits per heavy atom. The molecule has 0 N–H and O–H groups in total. The Morgan fingerprint density at radius 1 is 0.629 bits per heavy atom. The number of sulfonamides is 3. The SMILES string of the molecule is O=S(=O)([N-]S(=O)(=O)C(F)(F)C(F)(F)C(F)(F)S(=O)(=O)N1CCN(CCC(F)(F)F)CC1)C(F)(F)F. The highest BCUT2D eigenvalue weighted by atomic mass is 32.3. The van der Waals surface area contributed by atoms with Gasteiger partial charge in [0, 0.05) is 32.7 Å². The molecule has 0 atom stereocenters. The summed E-state index contributed by atoms with van der Waals surface area (Å²) in [5, 5.41) is -14.6. The number of hydrogen-bond acceptors (Lipinski definition) is 7. The summed E-state index contributed by atoms with van der Waals surface area (Å²) < 4.78 is 225. The monoisotopic (exact) mass is 606 g/mol. The van der Waals surface area contributed by atoms with Crippen LogP contribution in [0.1, 0.15) is 6.42 Å². The lowest BCUT2D eigenvalue weighted by Crippen LogP contribution is -2.64. The molecule has 1 aliphatic heterocycles. The second-order valence-electron chi connectivity index (χ2n) is 6.69. The Hall–Kier alpha value is -1.11. The maximum atomic E-state index is 14.2. The van der Waals surface area contributed by atoms with Crippen molar-refractivity contribution in [2.24, 2.45) is 0 Å². The maximum absolute atomic E-state index is 14.2. The zero-order valence-electron chi connectivity index (χ0n) is 16.3. The average molecular weight is 606 g/mol. The van der Waals surface area contributed by atoms with Crippen molar-refractivity contribution in [3.8, 4) is 0 Å². The van der Waals surface area contributed by atoms with Crippen LogP contribution in [0.25, 0.3) is 4.13 Å². The predicted octanol–water partition coefficient (Wildman–Crippen LogP) is 2.26. The third-order valence-corrected chi connectivity index (χ3v) is 9.26. The molecule has 1 saturated heterocycles. The Balaban J connectivity index is 3.24. The van der Waals surface area contributed by atoms with Gasteiger partial charge < -0.3 is 9.03 Å². The van der Waals surface area contributed by atoms with Crippen molar-refractivity contribution in [2.75, 3.05) is 32.7 Å². The van der Waals surface area contributed by atoms with Gasteiger partial charge in [-0.25, -0.2) is 25.3 Å². The number of rotatable bonds is 9. The number of nitrogens with zero attached hydrogens (tertiary/aromatic N) is 3. The number of hydrogen-bond donors (Lipinski definition) is 0. The molecule has 1 aliphatic rings. The molecule has 210 valence electrons. The van der Waals surface area contributed by atoms with Gasteiger partial charge in [-0.15, -0.1) is 0 Å². The summed E-state index contributed by atoms with van der Waals surface area (Å²) >= 11 is 0. The van der Waals surface area contributed by atoms with Gasteiger partial charge in [0.1, 0.15) is 0 Å². The Bertz CT molecular complexity index is 1090. The Morgan fingerprint density at radius 3 is 1.43 bits per heavy atom. The van der Waals surface area contributed by atoms with Gasteiger partial charge in [0.05, 0.1) is 6.42 Å². The van der Waals surface area contributed by atoms with Crippen LogP contribution < -0.4 is 0 Å². The molecule has 0 aromatic carbocycles. The molecule has 1 rings (SSSR count). The van der Waals surface area contributed by atoms with Gasteiger partial charge in [0.2, 0.25) is 0 Å². The second-order valence-corrected chi connectivity index (χ2v) is 12.1. The van der Waals surface area contributed by atoms with Crippen LogP contribution >= 0.6 is 0 Å². The first-order valence-corrected chi connectivity index (χ1v) is 12.7. The van der Waals surface area contributed by atoms with E-state index in [0.717, 1.165) is 4.90 Å². The first-order valence-electron chi connectivity index (χ1n) is 8.36. The van der Waals surface area contributed by atoms with E-state index in [1.54, 1.807) is 0 Å². The van der Waals surface area contributed by atoms with Gasteiger partial charge in [-0.2, -0.15) is 57.0 Å². The number of halogens is 12. The smallest absolute Gasteiger partial charge is 0.423 e. The molecule has 0 aromatic rings.